The Hall–Kier alpha value is -1.85. The zero-order chi connectivity index (χ0) is 25.0. The second kappa shape index (κ2) is 11.5. The molecule has 1 aliphatic rings. The fourth-order valence-electron chi connectivity index (χ4n) is 4.62. The van der Waals surface area contributed by atoms with Crippen LogP contribution in [-0.4, -0.2) is 67.3 Å². The van der Waals surface area contributed by atoms with Gasteiger partial charge >= 0.3 is 0 Å². The summed E-state index contributed by atoms with van der Waals surface area (Å²) in [5, 5.41) is 2.41. The zero-order valence-electron chi connectivity index (χ0n) is 20.6. The molecule has 3 aromatic rings. The van der Waals surface area contributed by atoms with Crippen molar-refractivity contribution in [2.45, 2.75) is 56.7 Å². The fraction of sp³-hybridized carbons (Fsp3) is 0.520. The average molecular weight is 535 g/mol. The summed E-state index contributed by atoms with van der Waals surface area (Å²) in [6, 6.07) is 8.78. The quantitative estimate of drug-likeness (QED) is 0.372. The normalized spacial score (nSPS) is 17.3. The van der Waals surface area contributed by atoms with Crippen LogP contribution in [0.5, 0.6) is 0 Å². The summed E-state index contributed by atoms with van der Waals surface area (Å²) in [6.07, 6.45) is 2.98. The number of carbonyl (C=O) groups is 1. The van der Waals surface area contributed by atoms with Gasteiger partial charge in [0.05, 0.1) is 10.2 Å². The molecule has 35 heavy (non-hydrogen) atoms. The van der Waals surface area contributed by atoms with Crippen LogP contribution in [0.2, 0.25) is 0 Å². The SMILES string of the molecule is CCc1cccc2sc(N(CCN(CC)CC)C(=O)C3CCCCN3S(=O)(=O)c3cccs3)nc12. The van der Waals surface area contributed by atoms with Crippen LogP contribution in [0.4, 0.5) is 5.13 Å². The molecule has 0 bridgehead atoms. The van der Waals surface area contributed by atoms with Gasteiger partial charge in [0, 0.05) is 19.6 Å². The van der Waals surface area contributed by atoms with E-state index in [1.54, 1.807) is 22.4 Å². The molecular formula is C25H34N4O3S3. The number of likely N-dealkylation sites (N-methyl/N-ethyl adjacent to an activating group) is 1. The Morgan fingerprint density at radius 3 is 2.60 bits per heavy atom. The molecule has 0 spiro atoms. The monoisotopic (exact) mass is 534 g/mol. The Balaban J connectivity index is 1.71. The Labute approximate surface area is 216 Å². The van der Waals surface area contributed by atoms with Crippen LogP contribution in [-0.2, 0) is 21.2 Å². The van der Waals surface area contributed by atoms with Crippen LogP contribution >= 0.6 is 22.7 Å². The third-order valence-electron chi connectivity index (χ3n) is 6.70. The van der Waals surface area contributed by atoms with Crippen LogP contribution in [0.1, 0.15) is 45.6 Å². The number of sulfonamides is 1. The van der Waals surface area contributed by atoms with E-state index in [1.807, 2.05) is 12.1 Å². The number of nitrogens with zero attached hydrogens (tertiary/aromatic N) is 4. The van der Waals surface area contributed by atoms with E-state index in [0.29, 0.717) is 35.4 Å². The summed E-state index contributed by atoms with van der Waals surface area (Å²) in [7, 11) is -3.73. The Morgan fingerprint density at radius 2 is 1.91 bits per heavy atom. The Kier molecular flexibility index (Phi) is 8.59. The van der Waals surface area contributed by atoms with Gasteiger partial charge in [0.25, 0.3) is 10.0 Å². The predicted molar refractivity (Wildman–Crippen MR) is 145 cm³/mol. The molecule has 4 rings (SSSR count). The van der Waals surface area contributed by atoms with E-state index in [-0.39, 0.29) is 5.91 Å². The van der Waals surface area contributed by atoms with Gasteiger partial charge in [-0.3, -0.25) is 9.69 Å². The van der Waals surface area contributed by atoms with E-state index >= 15 is 0 Å². The van der Waals surface area contributed by atoms with Crippen molar-refractivity contribution in [3.8, 4) is 0 Å². The molecule has 190 valence electrons. The van der Waals surface area contributed by atoms with Crippen LogP contribution in [0.15, 0.2) is 39.9 Å². The van der Waals surface area contributed by atoms with Crippen LogP contribution in [0.3, 0.4) is 0 Å². The zero-order valence-corrected chi connectivity index (χ0v) is 23.1. The summed E-state index contributed by atoms with van der Waals surface area (Å²) in [5.74, 6) is -0.172. The first kappa shape index (κ1) is 26.2. The lowest BCUT2D eigenvalue weighted by Gasteiger charge is -2.36. The fourth-order valence-corrected chi connectivity index (χ4v) is 8.44. The standard InChI is InChI=1S/C25H34N4O3S3/c1-4-19-11-9-13-21-23(19)26-25(34-21)28(17-16-27(5-2)6-3)24(30)20-12-7-8-15-29(20)35(31,32)22-14-10-18-33-22/h9-11,13-14,18,20H,4-8,12,15-17H2,1-3H3. The number of benzene rings is 1. The summed E-state index contributed by atoms with van der Waals surface area (Å²) in [5.41, 5.74) is 2.09. The van der Waals surface area contributed by atoms with Gasteiger partial charge in [0.15, 0.2) is 5.13 Å². The molecule has 1 amide bonds. The first-order chi connectivity index (χ1) is 16.9. The van der Waals surface area contributed by atoms with E-state index in [1.165, 1.54) is 27.0 Å². The molecular weight excluding hydrogens is 501 g/mol. The number of thiophene rings is 1. The maximum absolute atomic E-state index is 14.1. The second-order valence-electron chi connectivity index (χ2n) is 8.69. The van der Waals surface area contributed by atoms with Gasteiger partial charge in [-0.15, -0.1) is 11.3 Å². The number of hydrogen-bond acceptors (Lipinski definition) is 7. The summed E-state index contributed by atoms with van der Waals surface area (Å²) < 4.78 is 29.7. The third kappa shape index (κ3) is 5.46. The average Bonchev–Trinajstić information content (AvgIpc) is 3.57. The molecule has 1 aliphatic heterocycles. The first-order valence-electron chi connectivity index (χ1n) is 12.4. The number of fused-ring (bicyclic) bond motifs is 1. The lowest BCUT2D eigenvalue weighted by molar-refractivity contribution is -0.123. The van der Waals surface area contributed by atoms with Gasteiger partial charge in [0.2, 0.25) is 5.91 Å². The number of carbonyl (C=O) groups excluding carboxylic acids is 1. The number of amides is 1. The predicted octanol–water partition coefficient (Wildman–Crippen LogP) is 4.84. The molecule has 0 aliphatic carbocycles. The van der Waals surface area contributed by atoms with Gasteiger partial charge in [-0.25, -0.2) is 13.4 Å². The maximum Gasteiger partial charge on any atom is 0.253 e. The highest BCUT2D eigenvalue weighted by Crippen LogP contribution is 2.34. The van der Waals surface area contributed by atoms with Crippen molar-refractivity contribution < 1.29 is 13.2 Å². The topological polar surface area (TPSA) is 73.8 Å². The van der Waals surface area contributed by atoms with Crippen molar-refractivity contribution in [3.63, 3.8) is 0 Å². The second-order valence-corrected chi connectivity index (χ2v) is 12.8. The summed E-state index contributed by atoms with van der Waals surface area (Å²) in [6.45, 7) is 9.65. The van der Waals surface area contributed by atoms with E-state index < -0.39 is 16.1 Å². The summed E-state index contributed by atoms with van der Waals surface area (Å²) >= 11 is 2.71. The molecule has 0 saturated carbocycles. The van der Waals surface area contributed by atoms with E-state index in [2.05, 4.69) is 31.7 Å². The molecule has 1 atom stereocenters. The minimum atomic E-state index is -3.73. The maximum atomic E-state index is 14.1. The lowest BCUT2D eigenvalue weighted by atomic mass is 10.0. The number of aromatic nitrogens is 1. The highest BCUT2D eigenvalue weighted by atomic mass is 32.2. The minimum absolute atomic E-state index is 0.172. The van der Waals surface area contributed by atoms with Crippen molar-refractivity contribution in [1.29, 1.82) is 0 Å². The highest BCUT2D eigenvalue weighted by molar-refractivity contribution is 7.91. The largest absolute Gasteiger partial charge is 0.302 e. The molecule has 3 heterocycles. The van der Waals surface area contributed by atoms with E-state index in [9.17, 15) is 13.2 Å². The molecule has 7 nitrogen and oxygen atoms in total. The molecule has 10 heteroatoms. The highest BCUT2D eigenvalue weighted by Gasteiger charge is 2.40. The lowest BCUT2D eigenvalue weighted by Crippen LogP contribution is -2.54. The van der Waals surface area contributed by atoms with Crippen molar-refractivity contribution in [2.75, 3.05) is 37.6 Å². The molecule has 1 fully saturated rings. The van der Waals surface area contributed by atoms with Gasteiger partial charge in [-0.1, -0.05) is 56.7 Å². The smallest absolute Gasteiger partial charge is 0.253 e. The van der Waals surface area contributed by atoms with Crippen molar-refractivity contribution in [3.05, 3.63) is 41.3 Å². The van der Waals surface area contributed by atoms with Crippen LogP contribution in [0, 0.1) is 0 Å². The number of thiazole rings is 1. The summed E-state index contributed by atoms with van der Waals surface area (Å²) in [4.78, 5) is 23.0. The van der Waals surface area contributed by atoms with Crippen molar-refractivity contribution >= 4 is 54.0 Å². The van der Waals surface area contributed by atoms with Crippen LogP contribution < -0.4 is 4.90 Å². The molecule has 2 aromatic heterocycles. The first-order valence-corrected chi connectivity index (χ1v) is 15.5. The molecule has 0 N–H and O–H groups in total. The third-order valence-corrected chi connectivity index (χ3v) is 11.0. The number of para-hydroxylation sites is 1. The van der Waals surface area contributed by atoms with Gasteiger partial charge < -0.3 is 4.90 Å². The number of hydrogen-bond donors (Lipinski definition) is 0. The Bertz CT molecular complexity index is 1240. The number of aryl methyl sites for hydroxylation is 1. The molecule has 0 radical (unpaired) electrons. The molecule has 1 saturated heterocycles. The van der Waals surface area contributed by atoms with E-state index in [4.69, 9.17) is 4.98 Å². The van der Waals surface area contributed by atoms with Gasteiger partial charge in [-0.2, -0.15) is 4.31 Å². The van der Waals surface area contributed by atoms with Gasteiger partial charge in [-0.05, 0) is 55.4 Å². The number of rotatable bonds is 10. The van der Waals surface area contributed by atoms with Gasteiger partial charge in [0.1, 0.15) is 10.3 Å². The molecule has 1 unspecified atom stereocenters. The van der Waals surface area contributed by atoms with E-state index in [0.717, 1.165) is 48.1 Å². The number of piperidine rings is 1. The minimum Gasteiger partial charge on any atom is -0.302 e. The van der Waals surface area contributed by atoms with Crippen LogP contribution in [0.25, 0.3) is 10.2 Å². The number of anilines is 1. The Morgan fingerprint density at radius 1 is 1.11 bits per heavy atom. The van der Waals surface area contributed by atoms with Crippen molar-refractivity contribution in [1.82, 2.24) is 14.2 Å². The molecule has 1 aromatic carbocycles. The van der Waals surface area contributed by atoms with Crippen molar-refractivity contribution in [2.24, 2.45) is 0 Å².